The van der Waals surface area contributed by atoms with E-state index in [1.807, 2.05) is 6.07 Å². The molecule has 5 heteroatoms. The maximum Gasteiger partial charge on any atom is 0.252 e. The fourth-order valence-electron chi connectivity index (χ4n) is 0.701. The van der Waals surface area contributed by atoms with Crippen LogP contribution in [0.15, 0.2) is 18.5 Å². The lowest BCUT2D eigenvalue weighted by Gasteiger charge is -1.99. The minimum absolute atomic E-state index is 0.182. The molecule has 0 saturated heterocycles. The highest BCUT2D eigenvalue weighted by Crippen LogP contribution is 1.97. The van der Waals surface area contributed by atoms with Crippen LogP contribution >= 0.6 is 12.6 Å². The second-order valence-corrected chi connectivity index (χ2v) is 2.60. The molecule has 0 spiro atoms. The van der Waals surface area contributed by atoms with Gasteiger partial charge in [0.2, 0.25) is 0 Å². The van der Waals surface area contributed by atoms with Gasteiger partial charge >= 0.3 is 0 Å². The van der Waals surface area contributed by atoms with Crippen molar-refractivity contribution >= 4 is 12.6 Å². The predicted octanol–water partition coefficient (Wildman–Crippen LogP) is 0.636. The highest BCUT2D eigenvalue weighted by molar-refractivity contribution is 7.80. The number of rotatable bonds is 3. The number of hydrogen-bond acceptors (Lipinski definition) is 4. The third kappa shape index (κ3) is 2.10. The van der Waals surface area contributed by atoms with Crippen molar-refractivity contribution < 1.29 is 0 Å². The lowest BCUT2D eigenvalue weighted by Crippen LogP contribution is -2.01. The third-order valence-electron chi connectivity index (χ3n) is 1.25. The number of nitrogens with zero attached hydrogens (tertiary/aromatic N) is 4. The minimum Gasteiger partial charge on any atom is -0.247 e. The summed E-state index contributed by atoms with van der Waals surface area (Å²) in [5.74, 6) is 0.795. The fourth-order valence-corrected chi connectivity index (χ4v) is 0.801. The molecule has 0 fully saturated rings. The van der Waals surface area contributed by atoms with Crippen molar-refractivity contribution in [2.45, 2.75) is 6.54 Å². The first-order valence-electron chi connectivity index (χ1n) is 3.33. The van der Waals surface area contributed by atoms with Gasteiger partial charge in [-0.2, -0.15) is 17.9 Å². The molecular weight excluding hydrogens is 172 g/mol. The van der Waals surface area contributed by atoms with Crippen LogP contribution in [0.1, 0.15) is 5.82 Å². The Balaban J connectivity index is 2.65. The lowest BCUT2D eigenvalue weighted by atomic mass is 10.3. The average Bonchev–Trinajstić information content (AvgIpc) is 2.52. The Morgan fingerprint density at radius 1 is 1.83 bits per heavy atom. The molecule has 1 heterocycles. The normalized spacial score (nSPS) is 9.33. The molecule has 0 aliphatic carbocycles. The van der Waals surface area contributed by atoms with E-state index in [4.69, 9.17) is 5.26 Å². The molecule has 12 heavy (non-hydrogen) atoms. The van der Waals surface area contributed by atoms with Gasteiger partial charge in [-0.25, -0.2) is 9.67 Å². The number of hydrogen-bond donors (Lipinski definition) is 1. The van der Waals surface area contributed by atoms with Crippen LogP contribution in [-0.4, -0.2) is 20.5 Å². The first-order chi connectivity index (χ1) is 5.76. The molecule has 0 amide bonds. The van der Waals surface area contributed by atoms with Crippen LogP contribution in [0.3, 0.4) is 0 Å². The Kier molecular flexibility index (Phi) is 2.88. The van der Waals surface area contributed by atoms with E-state index < -0.39 is 0 Å². The summed E-state index contributed by atoms with van der Waals surface area (Å²) in [5.41, 5.74) is 0.938. The molecule has 1 aromatic heterocycles. The van der Waals surface area contributed by atoms with E-state index in [0.29, 0.717) is 12.3 Å². The summed E-state index contributed by atoms with van der Waals surface area (Å²) in [6, 6.07) is 1.85. The van der Waals surface area contributed by atoms with Crippen molar-refractivity contribution in [3.8, 4) is 6.07 Å². The topological polar surface area (TPSA) is 54.5 Å². The molecule has 0 aliphatic rings. The zero-order valence-corrected chi connectivity index (χ0v) is 7.33. The number of thiol groups is 1. The Labute approximate surface area is 75.9 Å². The summed E-state index contributed by atoms with van der Waals surface area (Å²) in [5, 5.41) is 12.3. The summed E-state index contributed by atoms with van der Waals surface area (Å²) >= 11 is 4.05. The van der Waals surface area contributed by atoms with E-state index in [-0.39, 0.29) is 5.82 Å². The Morgan fingerprint density at radius 2 is 2.58 bits per heavy atom. The van der Waals surface area contributed by atoms with Gasteiger partial charge in [-0.3, -0.25) is 0 Å². The maximum absolute atomic E-state index is 8.42. The van der Waals surface area contributed by atoms with Gasteiger partial charge in [-0.05, 0) is 5.57 Å². The molecular formula is C7H8N4S. The first-order valence-corrected chi connectivity index (χ1v) is 3.96. The second-order valence-electron chi connectivity index (χ2n) is 2.29. The van der Waals surface area contributed by atoms with Gasteiger partial charge < -0.3 is 0 Å². The van der Waals surface area contributed by atoms with E-state index in [2.05, 4.69) is 29.3 Å². The summed E-state index contributed by atoms with van der Waals surface area (Å²) in [7, 11) is 0. The van der Waals surface area contributed by atoms with Crippen LogP contribution in [0.5, 0.6) is 0 Å². The summed E-state index contributed by atoms with van der Waals surface area (Å²) in [6.07, 6.45) is 1.51. The second kappa shape index (κ2) is 3.93. The van der Waals surface area contributed by atoms with Gasteiger partial charge in [0.15, 0.2) is 0 Å². The maximum atomic E-state index is 8.42. The Morgan fingerprint density at radius 3 is 3.08 bits per heavy atom. The van der Waals surface area contributed by atoms with Crippen LogP contribution in [0.2, 0.25) is 0 Å². The van der Waals surface area contributed by atoms with Gasteiger partial charge in [-0.15, -0.1) is 5.10 Å². The standard InChI is InChI=1S/C7H8N4S/c1-6(4-12)3-11-5-9-7(2-8)10-11/h5,12H,1,3-4H2. The molecule has 4 nitrogen and oxygen atoms in total. The van der Waals surface area contributed by atoms with E-state index >= 15 is 0 Å². The van der Waals surface area contributed by atoms with Crippen molar-refractivity contribution in [1.82, 2.24) is 14.8 Å². The van der Waals surface area contributed by atoms with Gasteiger partial charge in [0, 0.05) is 5.75 Å². The summed E-state index contributed by atoms with van der Waals surface area (Å²) < 4.78 is 1.57. The molecule has 1 aromatic rings. The Bertz CT molecular complexity index is 322. The molecule has 0 radical (unpaired) electrons. The van der Waals surface area contributed by atoms with E-state index in [9.17, 15) is 0 Å². The third-order valence-corrected chi connectivity index (χ3v) is 1.69. The molecule has 0 atom stereocenters. The van der Waals surface area contributed by atoms with Gasteiger partial charge in [0.05, 0.1) is 6.54 Å². The van der Waals surface area contributed by atoms with Gasteiger partial charge in [-0.1, -0.05) is 6.58 Å². The summed E-state index contributed by atoms with van der Waals surface area (Å²) in [4.78, 5) is 3.75. The monoisotopic (exact) mass is 180 g/mol. The highest BCUT2D eigenvalue weighted by atomic mass is 32.1. The molecule has 1 rings (SSSR count). The first kappa shape index (κ1) is 8.81. The Hall–Kier alpha value is -1.28. The SMILES string of the molecule is C=C(CS)Cn1cnc(C#N)n1. The van der Waals surface area contributed by atoms with E-state index in [1.165, 1.54) is 6.33 Å². The molecule has 0 saturated carbocycles. The van der Waals surface area contributed by atoms with Crippen LogP contribution in [0.25, 0.3) is 0 Å². The molecule has 0 aromatic carbocycles. The molecule has 0 bridgehead atoms. The average molecular weight is 180 g/mol. The van der Waals surface area contributed by atoms with Crippen molar-refractivity contribution in [3.63, 3.8) is 0 Å². The van der Waals surface area contributed by atoms with E-state index in [0.717, 1.165) is 5.57 Å². The zero-order chi connectivity index (χ0) is 8.97. The fraction of sp³-hybridized carbons (Fsp3) is 0.286. The van der Waals surface area contributed by atoms with Crippen LogP contribution in [0.4, 0.5) is 0 Å². The van der Waals surface area contributed by atoms with Crippen LogP contribution in [0, 0.1) is 11.3 Å². The molecule has 62 valence electrons. The van der Waals surface area contributed by atoms with Crippen LogP contribution < -0.4 is 0 Å². The van der Waals surface area contributed by atoms with Crippen molar-refractivity contribution in [2.24, 2.45) is 0 Å². The van der Waals surface area contributed by atoms with E-state index in [1.54, 1.807) is 4.68 Å². The largest absolute Gasteiger partial charge is 0.252 e. The van der Waals surface area contributed by atoms with Gasteiger partial charge in [0.25, 0.3) is 5.82 Å². The van der Waals surface area contributed by atoms with Crippen molar-refractivity contribution in [3.05, 3.63) is 24.3 Å². The smallest absolute Gasteiger partial charge is 0.247 e. The van der Waals surface area contributed by atoms with Gasteiger partial charge in [0.1, 0.15) is 12.4 Å². The summed E-state index contributed by atoms with van der Waals surface area (Å²) in [6.45, 7) is 4.32. The van der Waals surface area contributed by atoms with Crippen molar-refractivity contribution in [1.29, 1.82) is 5.26 Å². The lowest BCUT2D eigenvalue weighted by molar-refractivity contribution is 0.676. The number of aromatic nitrogens is 3. The predicted molar refractivity (Wildman–Crippen MR) is 47.7 cm³/mol. The molecule has 0 unspecified atom stereocenters. The molecule has 0 aliphatic heterocycles. The van der Waals surface area contributed by atoms with Crippen molar-refractivity contribution in [2.75, 3.05) is 5.75 Å². The zero-order valence-electron chi connectivity index (χ0n) is 6.43. The quantitative estimate of drug-likeness (QED) is 0.548. The number of nitriles is 1. The molecule has 0 N–H and O–H groups in total. The minimum atomic E-state index is 0.182. The van der Waals surface area contributed by atoms with Crippen LogP contribution in [-0.2, 0) is 6.54 Å². The highest BCUT2D eigenvalue weighted by Gasteiger charge is 1.98.